The summed E-state index contributed by atoms with van der Waals surface area (Å²) >= 11 is 0. The van der Waals surface area contributed by atoms with Crippen LogP contribution in [-0.4, -0.2) is 23.1 Å². The molecule has 0 aliphatic heterocycles. The summed E-state index contributed by atoms with van der Waals surface area (Å²) in [6, 6.07) is 0. The molecular weight excluding hydrogens is 520 g/mol. The van der Waals surface area contributed by atoms with E-state index in [9.17, 15) is 14.7 Å². The lowest BCUT2D eigenvalue weighted by molar-refractivity contribution is -0.153. The lowest BCUT2D eigenvalue weighted by Gasteiger charge is -2.16. The van der Waals surface area contributed by atoms with Gasteiger partial charge >= 0.3 is 11.9 Å². The third-order valence-electron chi connectivity index (χ3n) is 8.16. The van der Waals surface area contributed by atoms with Crippen molar-refractivity contribution < 1.29 is 19.4 Å². The number of carbonyl (C=O) groups is 2. The molecule has 42 heavy (non-hydrogen) atoms. The first-order chi connectivity index (χ1) is 20.6. The fourth-order valence-electron chi connectivity index (χ4n) is 5.47. The smallest absolute Gasteiger partial charge is 0.307 e. The van der Waals surface area contributed by atoms with Gasteiger partial charge in [-0.1, -0.05) is 160 Å². The highest BCUT2D eigenvalue weighted by molar-refractivity contribution is 5.71. The summed E-state index contributed by atoms with van der Waals surface area (Å²) in [5.41, 5.74) is 0. The minimum absolute atomic E-state index is 0.0745. The van der Waals surface area contributed by atoms with Crippen LogP contribution in [0.1, 0.15) is 200 Å². The van der Waals surface area contributed by atoms with E-state index in [1.807, 2.05) is 0 Å². The van der Waals surface area contributed by atoms with E-state index in [4.69, 9.17) is 4.74 Å². The molecule has 0 amide bonds. The van der Waals surface area contributed by atoms with Gasteiger partial charge in [-0.3, -0.25) is 9.59 Å². The van der Waals surface area contributed by atoms with Crippen LogP contribution in [0.4, 0.5) is 0 Å². The number of ether oxygens (including phenoxy) is 1. The first-order valence-corrected chi connectivity index (χ1v) is 18.3. The number of rotatable bonds is 33. The third kappa shape index (κ3) is 32.9. The van der Waals surface area contributed by atoms with Gasteiger partial charge in [-0.05, 0) is 51.4 Å². The Hall–Kier alpha value is -1.58. The zero-order chi connectivity index (χ0) is 30.8. The van der Waals surface area contributed by atoms with Crippen molar-refractivity contribution in [3.8, 4) is 0 Å². The molecule has 4 heteroatoms. The van der Waals surface area contributed by atoms with Crippen molar-refractivity contribution in [2.75, 3.05) is 0 Å². The van der Waals surface area contributed by atoms with Crippen LogP contribution >= 0.6 is 0 Å². The number of carboxylic acid groups (broad SMARTS) is 1. The molecule has 0 aromatic heterocycles. The molecule has 246 valence electrons. The zero-order valence-corrected chi connectivity index (χ0v) is 28.1. The quantitative estimate of drug-likeness (QED) is 0.0469. The fourth-order valence-corrected chi connectivity index (χ4v) is 5.47. The highest BCUT2D eigenvalue weighted by Crippen LogP contribution is 2.17. The highest BCUT2D eigenvalue weighted by Gasteiger charge is 2.17. The minimum atomic E-state index is -0.882. The van der Waals surface area contributed by atoms with Crippen LogP contribution in [0.3, 0.4) is 0 Å². The lowest BCUT2D eigenvalue weighted by atomic mass is 10.0. The van der Waals surface area contributed by atoms with Crippen molar-refractivity contribution >= 4 is 11.9 Å². The molecule has 0 radical (unpaired) electrons. The van der Waals surface area contributed by atoms with Gasteiger partial charge in [0.1, 0.15) is 6.10 Å². The summed E-state index contributed by atoms with van der Waals surface area (Å²) in [5, 5.41) is 9.24. The predicted octanol–water partition coefficient (Wildman–Crippen LogP) is 12.4. The molecule has 0 saturated heterocycles. The summed E-state index contributed by atoms with van der Waals surface area (Å²) in [7, 11) is 0. The fraction of sp³-hybridized carbons (Fsp3) is 0.842. The highest BCUT2D eigenvalue weighted by atomic mass is 16.5. The monoisotopic (exact) mass is 591 g/mol. The molecule has 1 unspecified atom stereocenters. The second kappa shape index (κ2) is 33.9. The van der Waals surface area contributed by atoms with Crippen LogP contribution in [-0.2, 0) is 14.3 Å². The van der Waals surface area contributed by atoms with Crippen LogP contribution < -0.4 is 0 Å². The summed E-state index contributed by atoms with van der Waals surface area (Å²) in [5.74, 6) is -1.11. The molecule has 0 aliphatic carbocycles. The van der Waals surface area contributed by atoms with Crippen molar-refractivity contribution in [3.05, 3.63) is 24.3 Å². The van der Waals surface area contributed by atoms with Crippen molar-refractivity contribution in [3.63, 3.8) is 0 Å². The number of hydrogen-bond acceptors (Lipinski definition) is 3. The predicted molar refractivity (Wildman–Crippen MR) is 181 cm³/mol. The molecule has 1 atom stereocenters. The van der Waals surface area contributed by atoms with Gasteiger partial charge in [0, 0.05) is 6.42 Å². The maximum atomic E-state index is 12.3. The average Bonchev–Trinajstić information content (AvgIpc) is 2.96. The Labute approximate surface area is 261 Å². The van der Waals surface area contributed by atoms with Gasteiger partial charge in [-0.15, -0.1) is 0 Å². The van der Waals surface area contributed by atoms with Crippen molar-refractivity contribution in [1.29, 1.82) is 0 Å². The topological polar surface area (TPSA) is 63.6 Å². The Morgan fingerprint density at radius 3 is 1.45 bits per heavy atom. The van der Waals surface area contributed by atoms with E-state index >= 15 is 0 Å². The average molecular weight is 591 g/mol. The van der Waals surface area contributed by atoms with Gasteiger partial charge in [-0.2, -0.15) is 0 Å². The van der Waals surface area contributed by atoms with Crippen LogP contribution in [0.2, 0.25) is 0 Å². The Morgan fingerprint density at radius 2 is 0.952 bits per heavy atom. The van der Waals surface area contributed by atoms with E-state index in [0.717, 1.165) is 38.5 Å². The van der Waals surface area contributed by atoms with Crippen LogP contribution in [0.15, 0.2) is 24.3 Å². The molecule has 0 bridgehead atoms. The molecule has 0 fully saturated rings. The zero-order valence-electron chi connectivity index (χ0n) is 28.1. The van der Waals surface area contributed by atoms with E-state index in [0.29, 0.717) is 12.8 Å². The maximum Gasteiger partial charge on any atom is 0.307 e. The number of unbranched alkanes of at least 4 members (excludes halogenated alkanes) is 22. The van der Waals surface area contributed by atoms with Crippen molar-refractivity contribution in [2.45, 2.75) is 206 Å². The second-order valence-corrected chi connectivity index (χ2v) is 12.4. The number of esters is 1. The van der Waals surface area contributed by atoms with Gasteiger partial charge in [0.25, 0.3) is 0 Å². The van der Waals surface area contributed by atoms with E-state index < -0.39 is 12.1 Å². The largest absolute Gasteiger partial charge is 0.481 e. The van der Waals surface area contributed by atoms with Crippen LogP contribution in [0.25, 0.3) is 0 Å². The lowest BCUT2D eigenvalue weighted by Crippen LogP contribution is -2.21. The van der Waals surface area contributed by atoms with E-state index in [2.05, 4.69) is 38.2 Å². The molecular formula is C38H70O4. The number of hydrogen-bond donors (Lipinski definition) is 1. The Bertz CT molecular complexity index is 639. The maximum absolute atomic E-state index is 12.3. The van der Waals surface area contributed by atoms with E-state index in [-0.39, 0.29) is 12.4 Å². The second-order valence-electron chi connectivity index (χ2n) is 12.4. The van der Waals surface area contributed by atoms with Crippen LogP contribution in [0, 0.1) is 0 Å². The van der Waals surface area contributed by atoms with Gasteiger partial charge in [0.05, 0.1) is 6.42 Å². The molecule has 0 aromatic carbocycles. The Balaban J connectivity index is 3.67. The molecule has 0 aromatic rings. The van der Waals surface area contributed by atoms with Gasteiger partial charge in [0.2, 0.25) is 0 Å². The SMILES string of the molecule is CCCCC/C=C\C/C=C\CCCCCCCCCC(=O)OC(CCCCCCCCCCCCCCC)CC(=O)O. The minimum Gasteiger partial charge on any atom is -0.481 e. The number of carboxylic acids is 1. The molecule has 0 aliphatic rings. The van der Waals surface area contributed by atoms with Crippen molar-refractivity contribution in [2.24, 2.45) is 0 Å². The van der Waals surface area contributed by atoms with Crippen LogP contribution in [0.5, 0.6) is 0 Å². The van der Waals surface area contributed by atoms with Gasteiger partial charge < -0.3 is 9.84 Å². The van der Waals surface area contributed by atoms with E-state index in [1.54, 1.807) is 0 Å². The Kier molecular flexibility index (Phi) is 32.6. The standard InChI is InChI=1S/C38H70O4/c1-3-5-7-9-11-13-15-17-18-19-20-22-24-26-28-30-32-34-38(41)42-36(35-37(39)40)33-31-29-27-25-23-21-16-14-12-10-8-6-4-2/h11,13,17-18,36H,3-10,12,14-16,19-35H2,1-2H3,(H,39,40)/b13-11-,18-17-. The third-order valence-corrected chi connectivity index (χ3v) is 8.16. The first kappa shape index (κ1) is 40.4. The molecule has 0 spiro atoms. The number of carbonyl (C=O) groups excluding carboxylic acids is 1. The summed E-state index contributed by atoms with van der Waals surface area (Å²) < 4.78 is 5.57. The van der Waals surface area contributed by atoms with E-state index in [1.165, 1.54) is 128 Å². The molecule has 4 nitrogen and oxygen atoms in total. The van der Waals surface area contributed by atoms with Gasteiger partial charge in [0.15, 0.2) is 0 Å². The summed E-state index contributed by atoms with van der Waals surface area (Å²) in [4.78, 5) is 23.6. The molecule has 0 rings (SSSR count). The molecule has 1 N–H and O–H groups in total. The molecule has 0 heterocycles. The normalized spacial score (nSPS) is 12.4. The number of allylic oxidation sites excluding steroid dienone is 4. The number of aliphatic carboxylic acids is 1. The summed E-state index contributed by atoms with van der Waals surface area (Å²) in [6.45, 7) is 4.51. The van der Waals surface area contributed by atoms with Gasteiger partial charge in [-0.25, -0.2) is 0 Å². The van der Waals surface area contributed by atoms with Crippen molar-refractivity contribution in [1.82, 2.24) is 0 Å². The Morgan fingerprint density at radius 1 is 0.548 bits per heavy atom. The summed E-state index contributed by atoms with van der Waals surface area (Å²) in [6.07, 6.45) is 41.9. The molecule has 0 saturated carbocycles. The first-order valence-electron chi connectivity index (χ1n) is 18.3.